The van der Waals surface area contributed by atoms with E-state index in [4.69, 9.17) is 45.0 Å². The van der Waals surface area contributed by atoms with E-state index in [2.05, 4.69) is 0 Å². The number of rotatable bonds is 3. The van der Waals surface area contributed by atoms with Crippen molar-refractivity contribution in [2.45, 2.75) is 5.38 Å². The standard InChI is InChI=1S/C5H3Cl3O4/c6-1(2(7)4(9)10)3(8)5(11)12/h2H,(H,9,10)(H,11,12)/b3-1+/t2-/m0/s1. The summed E-state index contributed by atoms with van der Waals surface area (Å²) >= 11 is 15.5. The van der Waals surface area contributed by atoms with Crippen molar-refractivity contribution in [1.82, 2.24) is 0 Å². The van der Waals surface area contributed by atoms with E-state index in [1.165, 1.54) is 0 Å². The Bertz CT molecular complexity index is 247. The highest BCUT2D eigenvalue weighted by atomic mass is 35.5. The van der Waals surface area contributed by atoms with Gasteiger partial charge in [0.2, 0.25) is 0 Å². The fourth-order valence-electron chi connectivity index (χ4n) is 0.322. The zero-order valence-corrected chi connectivity index (χ0v) is 7.69. The Hall–Kier alpha value is -0.450. The summed E-state index contributed by atoms with van der Waals surface area (Å²) in [6.45, 7) is 0. The molecule has 0 aromatic rings. The van der Waals surface area contributed by atoms with E-state index in [0.717, 1.165) is 0 Å². The lowest BCUT2D eigenvalue weighted by molar-refractivity contribution is -0.135. The van der Waals surface area contributed by atoms with Gasteiger partial charge >= 0.3 is 11.9 Å². The third-order valence-corrected chi connectivity index (χ3v) is 2.22. The van der Waals surface area contributed by atoms with Gasteiger partial charge < -0.3 is 10.2 Å². The summed E-state index contributed by atoms with van der Waals surface area (Å²) in [5.41, 5.74) is 0. The Balaban J connectivity index is 4.78. The van der Waals surface area contributed by atoms with Gasteiger partial charge in [-0.3, -0.25) is 4.79 Å². The molecule has 68 valence electrons. The molecule has 7 heteroatoms. The predicted octanol–water partition coefficient (Wildman–Crippen LogP) is 1.45. The van der Waals surface area contributed by atoms with Gasteiger partial charge in [0.05, 0.1) is 5.03 Å². The van der Waals surface area contributed by atoms with E-state index >= 15 is 0 Å². The molecule has 0 saturated heterocycles. The highest BCUT2D eigenvalue weighted by molar-refractivity contribution is 6.51. The zero-order chi connectivity index (χ0) is 9.89. The van der Waals surface area contributed by atoms with Crippen molar-refractivity contribution >= 4 is 46.7 Å². The SMILES string of the molecule is O=C(O)/C(Cl)=C(\Cl)[C@H](Cl)C(=O)O. The first-order valence-corrected chi connectivity index (χ1v) is 3.72. The summed E-state index contributed by atoms with van der Waals surface area (Å²) in [5.74, 6) is -2.98. The lowest BCUT2D eigenvalue weighted by Crippen LogP contribution is -2.15. The van der Waals surface area contributed by atoms with Gasteiger partial charge in [-0.05, 0) is 0 Å². The topological polar surface area (TPSA) is 74.6 Å². The molecular formula is C5H3Cl3O4. The second-order valence-electron chi connectivity index (χ2n) is 1.67. The highest BCUT2D eigenvalue weighted by Gasteiger charge is 2.23. The summed E-state index contributed by atoms with van der Waals surface area (Å²) in [6.07, 6.45) is 0. The fourth-order valence-corrected chi connectivity index (χ4v) is 0.770. The number of aliphatic carboxylic acids is 2. The molecule has 0 amide bonds. The summed E-state index contributed by atoms with van der Waals surface area (Å²) in [5, 5.41) is 13.5. The molecule has 0 saturated carbocycles. The number of hydrogen-bond acceptors (Lipinski definition) is 2. The molecule has 0 rings (SSSR count). The number of carbonyl (C=O) groups is 2. The smallest absolute Gasteiger partial charge is 0.348 e. The third-order valence-electron chi connectivity index (χ3n) is 0.837. The van der Waals surface area contributed by atoms with Crippen LogP contribution >= 0.6 is 34.8 Å². The molecule has 4 nitrogen and oxygen atoms in total. The lowest BCUT2D eigenvalue weighted by Gasteiger charge is -2.02. The number of carboxylic acid groups (broad SMARTS) is 2. The molecule has 1 atom stereocenters. The van der Waals surface area contributed by atoms with E-state index in [-0.39, 0.29) is 0 Å². The van der Waals surface area contributed by atoms with Gasteiger partial charge in [-0.25, -0.2) is 4.79 Å². The van der Waals surface area contributed by atoms with Crippen molar-refractivity contribution in [2.75, 3.05) is 0 Å². The first-order valence-electron chi connectivity index (χ1n) is 2.53. The van der Waals surface area contributed by atoms with Crippen molar-refractivity contribution in [3.05, 3.63) is 10.1 Å². The molecule has 12 heavy (non-hydrogen) atoms. The monoisotopic (exact) mass is 232 g/mol. The van der Waals surface area contributed by atoms with Crippen LogP contribution < -0.4 is 0 Å². The normalized spacial score (nSPS) is 14.9. The van der Waals surface area contributed by atoms with Crippen LogP contribution in [-0.4, -0.2) is 27.5 Å². The Labute approximate surface area is 82.3 Å². The van der Waals surface area contributed by atoms with Crippen molar-refractivity contribution in [2.24, 2.45) is 0 Å². The molecule has 0 spiro atoms. The third kappa shape index (κ3) is 2.89. The van der Waals surface area contributed by atoms with Crippen LogP contribution in [0.5, 0.6) is 0 Å². The maximum Gasteiger partial charge on any atom is 0.348 e. The van der Waals surface area contributed by atoms with Crippen LogP contribution in [0.2, 0.25) is 0 Å². The number of hydrogen-bond donors (Lipinski definition) is 2. The molecule has 0 fully saturated rings. The first kappa shape index (κ1) is 11.6. The molecule has 0 heterocycles. The average Bonchev–Trinajstić information content (AvgIpc) is 2.00. The summed E-state index contributed by atoms with van der Waals surface area (Å²) in [4.78, 5) is 20.3. The van der Waals surface area contributed by atoms with E-state index in [1.807, 2.05) is 0 Å². The molecule has 0 aliphatic rings. The maximum absolute atomic E-state index is 10.2. The number of alkyl halides is 1. The number of carboxylic acids is 2. The molecular weight excluding hydrogens is 230 g/mol. The predicted molar refractivity (Wildman–Crippen MR) is 43.6 cm³/mol. The minimum Gasteiger partial charge on any atom is -0.480 e. The lowest BCUT2D eigenvalue weighted by atomic mass is 10.3. The molecule has 0 aromatic carbocycles. The molecule has 0 bridgehead atoms. The van der Waals surface area contributed by atoms with Gasteiger partial charge in [0.25, 0.3) is 0 Å². The van der Waals surface area contributed by atoms with E-state index in [9.17, 15) is 9.59 Å². The second-order valence-corrected chi connectivity index (χ2v) is 2.89. The van der Waals surface area contributed by atoms with Crippen LogP contribution in [0, 0.1) is 0 Å². The Morgan fingerprint density at radius 2 is 1.58 bits per heavy atom. The minimum atomic E-state index is -1.63. The van der Waals surface area contributed by atoms with Crippen LogP contribution in [-0.2, 0) is 9.59 Å². The van der Waals surface area contributed by atoms with Crippen LogP contribution in [0.4, 0.5) is 0 Å². The van der Waals surface area contributed by atoms with E-state index in [0.29, 0.717) is 0 Å². The van der Waals surface area contributed by atoms with Gasteiger partial charge in [-0.2, -0.15) is 0 Å². The Kier molecular flexibility index (Phi) is 4.37. The summed E-state index contributed by atoms with van der Waals surface area (Å²) in [6, 6.07) is 0. The second kappa shape index (κ2) is 4.54. The molecule has 0 unspecified atom stereocenters. The fraction of sp³-hybridized carbons (Fsp3) is 0.200. The summed E-state index contributed by atoms with van der Waals surface area (Å²) in [7, 11) is 0. The molecule has 0 radical (unpaired) electrons. The van der Waals surface area contributed by atoms with Crippen molar-refractivity contribution in [3.63, 3.8) is 0 Å². The largest absolute Gasteiger partial charge is 0.480 e. The van der Waals surface area contributed by atoms with Gasteiger partial charge in [0, 0.05) is 0 Å². The zero-order valence-electron chi connectivity index (χ0n) is 5.42. The van der Waals surface area contributed by atoms with Crippen molar-refractivity contribution in [3.8, 4) is 0 Å². The van der Waals surface area contributed by atoms with Crippen LogP contribution in [0.15, 0.2) is 10.1 Å². The van der Waals surface area contributed by atoms with E-state index < -0.39 is 27.4 Å². The molecule has 2 N–H and O–H groups in total. The Morgan fingerprint density at radius 3 is 1.83 bits per heavy atom. The van der Waals surface area contributed by atoms with Crippen molar-refractivity contribution in [1.29, 1.82) is 0 Å². The summed E-state index contributed by atoms with van der Waals surface area (Å²) < 4.78 is 0. The van der Waals surface area contributed by atoms with E-state index in [1.54, 1.807) is 0 Å². The van der Waals surface area contributed by atoms with Crippen molar-refractivity contribution < 1.29 is 19.8 Å². The van der Waals surface area contributed by atoms with Gasteiger partial charge in [0.1, 0.15) is 5.03 Å². The van der Waals surface area contributed by atoms with Gasteiger partial charge in [0.15, 0.2) is 5.38 Å². The van der Waals surface area contributed by atoms with Gasteiger partial charge in [-0.1, -0.05) is 23.2 Å². The van der Waals surface area contributed by atoms with Crippen LogP contribution in [0.1, 0.15) is 0 Å². The Morgan fingerprint density at radius 1 is 1.17 bits per heavy atom. The number of halogens is 3. The van der Waals surface area contributed by atoms with Crippen LogP contribution in [0.25, 0.3) is 0 Å². The molecule has 0 aliphatic carbocycles. The van der Waals surface area contributed by atoms with Crippen LogP contribution in [0.3, 0.4) is 0 Å². The maximum atomic E-state index is 10.2. The quantitative estimate of drug-likeness (QED) is 0.571. The highest BCUT2D eigenvalue weighted by Crippen LogP contribution is 2.22. The molecule has 0 aromatic heterocycles. The molecule has 0 aliphatic heterocycles. The minimum absolute atomic E-state index is 0.613. The van der Waals surface area contributed by atoms with Gasteiger partial charge in [-0.15, -0.1) is 11.6 Å². The average molecular weight is 233 g/mol. The first-order chi connectivity index (χ1) is 5.37.